The summed E-state index contributed by atoms with van der Waals surface area (Å²) in [6.07, 6.45) is 3.96. The molecule has 26 heavy (non-hydrogen) atoms. The lowest BCUT2D eigenvalue weighted by atomic mass is 10.4. The maximum atomic E-state index is 9.12. The molecule has 0 unspecified atom stereocenters. The Labute approximate surface area is 159 Å². The molecule has 0 amide bonds. The number of furan rings is 1. The fraction of sp³-hybridized carbons (Fsp3) is 0.294. The van der Waals surface area contributed by atoms with Crippen molar-refractivity contribution in [2.75, 3.05) is 18.0 Å². The molecule has 0 saturated carbocycles. The zero-order valence-corrected chi connectivity index (χ0v) is 15.4. The van der Waals surface area contributed by atoms with Crippen LogP contribution in [0.25, 0.3) is 0 Å². The lowest BCUT2D eigenvalue weighted by molar-refractivity contribution is 0.483. The third-order valence-electron chi connectivity index (χ3n) is 4.10. The van der Waals surface area contributed by atoms with Crippen molar-refractivity contribution in [2.45, 2.75) is 29.6 Å². The summed E-state index contributed by atoms with van der Waals surface area (Å²) in [4.78, 5) is 6.51. The molecule has 0 radical (unpaired) electrons. The van der Waals surface area contributed by atoms with E-state index < -0.39 is 0 Å². The number of pyridine rings is 1. The molecule has 7 nitrogen and oxygen atoms in total. The van der Waals surface area contributed by atoms with E-state index in [0.717, 1.165) is 37.6 Å². The minimum Gasteiger partial charge on any atom is -0.467 e. The number of hydrogen-bond donors (Lipinski definition) is 0. The molecule has 3 aromatic heterocycles. The van der Waals surface area contributed by atoms with Crippen LogP contribution < -0.4 is 4.90 Å². The van der Waals surface area contributed by atoms with E-state index in [1.165, 1.54) is 11.8 Å². The molecule has 132 valence electrons. The van der Waals surface area contributed by atoms with Gasteiger partial charge in [-0.05, 0) is 48.9 Å². The van der Waals surface area contributed by atoms with Crippen LogP contribution in [-0.2, 0) is 6.54 Å². The Morgan fingerprint density at radius 1 is 1.23 bits per heavy atom. The molecule has 3 aromatic rings. The summed E-state index contributed by atoms with van der Waals surface area (Å²) < 4.78 is 7.53. The number of halogens is 1. The van der Waals surface area contributed by atoms with Crippen molar-refractivity contribution in [2.24, 2.45) is 0 Å². The quantitative estimate of drug-likeness (QED) is 0.662. The zero-order valence-electron chi connectivity index (χ0n) is 13.8. The van der Waals surface area contributed by atoms with Crippen molar-refractivity contribution in [3.05, 3.63) is 47.0 Å². The predicted octanol–water partition coefficient (Wildman–Crippen LogP) is 3.59. The molecule has 9 heteroatoms. The normalized spacial score (nSPS) is 13.9. The molecule has 0 aliphatic carbocycles. The number of aromatic nitrogens is 4. The first-order valence-electron chi connectivity index (χ1n) is 8.19. The van der Waals surface area contributed by atoms with Gasteiger partial charge in [-0.3, -0.25) is 4.57 Å². The molecular weight excluding hydrogens is 372 g/mol. The Morgan fingerprint density at radius 3 is 2.81 bits per heavy atom. The molecule has 1 aliphatic rings. The lowest BCUT2D eigenvalue weighted by Crippen LogP contribution is -2.22. The van der Waals surface area contributed by atoms with Gasteiger partial charge in [0.25, 0.3) is 0 Å². The van der Waals surface area contributed by atoms with Crippen LogP contribution in [0.3, 0.4) is 0 Å². The second kappa shape index (κ2) is 7.40. The fourth-order valence-corrected chi connectivity index (χ4v) is 3.80. The Morgan fingerprint density at radius 2 is 2.08 bits per heavy atom. The molecule has 0 atom stereocenters. The first-order valence-corrected chi connectivity index (χ1v) is 9.39. The van der Waals surface area contributed by atoms with E-state index in [-0.39, 0.29) is 5.69 Å². The Kier molecular flexibility index (Phi) is 4.82. The van der Waals surface area contributed by atoms with Gasteiger partial charge in [0.05, 0.1) is 17.8 Å². The Hall–Kier alpha value is -2.50. The van der Waals surface area contributed by atoms with Crippen molar-refractivity contribution in [3.8, 4) is 6.07 Å². The summed E-state index contributed by atoms with van der Waals surface area (Å²) in [5.74, 6) is 1.66. The monoisotopic (exact) mass is 386 g/mol. The van der Waals surface area contributed by atoms with Crippen LogP contribution in [0.5, 0.6) is 0 Å². The van der Waals surface area contributed by atoms with Gasteiger partial charge >= 0.3 is 0 Å². The van der Waals surface area contributed by atoms with E-state index in [9.17, 15) is 0 Å². The van der Waals surface area contributed by atoms with Crippen molar-refractivity contribution in [1.29, 1.82) is 5.26 Å². The van der Waals surface area contributed by atoms with E-state index in [0.29, 0.717) is 21.7 Å². The van der Waals surface area contributed by atoms with E-state index >= 15 is 0 Å². The minimum absolute atomic E-state index is 0.202. The standard InChI is InChI=1S/C17H15ClN6OS/c18-13-5-6-15(20-14(13)10-19)26-17-22-21-16(23-7-1-2-8-23)24(17)11-12-4-3-9-25-12/h3-6,9H,1-2,7-8,11H2. The predicted molar refractivity (Wildman–Crippen MR) is 97.4 cm³/mol. The highest BCUT2D eigenvalue weighted by Crippen LogP contribution is 2.31. The molecule has 1 fully saturated rings. The smallest absolute Gasteiger partial charge is 0.228 e. The van der Waals surface area contributed by atoms with Gasteiger partial charge in [0.1, 0.15) is 16.9 Å². The SMILES string of the molecule is N#Cc1nc(Sc2nnc(N3CCCC3)n2Cc2ccco2)ccc1Cl. The number of anilines is 1. The van der Waals surface area contributed by atoms with Gasteiger partial charge < -0.3 is 9.32 Å². The van der Waals surface area contributed by atoms with Crippen LogP contribution in [0, 0.1) is 11.3 Å². The summed E-state index contributed by atoms with van der Waals surface area (Å²) in [6.45, 7) is 2.48. The summed E-state index contributed by atoms with van der Waals surface area (Å²) in [7, 11) is 0. The Bertz CT molecular complexity index is 943. The van der Waals surface area contributed by atoms with Gasteiger partial charge in [-0.25, -0.2) is 4.98 Å². The number of rotatable bonds is 5. The first kappa shape index (κ1) is 16.9. The van der Waals surface area contributed by atoms with Gasteiger partial charge in [0, 0.05) is 13.1 Å². The summed E-state index contributed by atoms with van der Waals surface area (Å²) in [5.41, 5.74) is 0.202. The van der Waals surface area contributed by atoms with E-state index in [1.807, 2.05) is 22.8 Å². The third-order valence-corrected chi connectivity index (χ3v) is 5.33. The highest BCUT2D eigenvalue weighted by atomic mass is 35.5. The summed E-state index contributed by atoms with van der Waals surface area (Å²) >= 11 is 7.32. The van der Waals surface area contributed by atoms with Crippen molar-refractivity contribution < 1.29 is 4.42 Å². The van der Waals surface area contributed by atoms with E-state index in [4.69, 9.17) is 21.3 Å². The first-order chi connectivity index (χ1) is 12.7. The average Bonchev–Trinajstić information content (AvgIpc) is 3.40. The fourth-order valence-electron chi connectivity index (χ4n) is 2.86. The molecule has 1 aliphatic heterocycles. The largest absolute Gasteiger partial charge is 0.467 e. The molecule has 4 rings (SSSR count). The molecule has 1 saturated heterocycles. The molecule has 0 aromatic carbocycles. The average molecular weight is 387 g/mol. The maximum absolute atomic E-state index is 9.12. The van der Waals surface area contributed by atoms with Crippen LogP contribution >= 0.6 is 23.4 Å². The van der Waals surface area contributed by atoms with Crippen LogP contribution in [0.4, 0.5) is 5.95 Å². The van der Waals surface area contributed by atoms with Gasteiger partial charge in [-0.2, -0.15) is 5.26 Å². The maximum Gasteiger partial charge on any atom is 0.228 e. The highest BCUT2D eigenvalue weighted by molar-refractivity contribution is 7.99. The second-order valence-corrected chi connectivity index (χ2v) is 7.23. The van der Waals surface area contributed by atoms with Gasteiger partial charge in [0.2, 0.25) is 5.95 Å². The van der Waals surface area contributed by atoms with Crippen LogP contribution in [0.2, 0.25) is 5.02 Å². The van der Waals surface area contributed by atoms with Gasteiger partial charge in [0.15, 0.2) is 10.9 Å². The second-order valence-electron chi connectivity index (χ2n) is 5.84. The van der Waals surface area contributed by atoms with Crippen LogP contribution in [0.1, 0.15) is 24.3 Å². The van der Waals surface area contributed by atoms with Crippen molar-refractivity contribution >= 4 is 29.3 Å². The van der Waals surface area contributed by atoms with Gasteiger partial charge in [-0.15, -0.1) is 10.2 Å². The molecule has 4 heterocycles. The highest BCUT2D eigenvalue weighted by Gasteiger charge is 2.22. The third kappa shape index (κ3) is 3.41. The van der Waals surface area contributed by atoms with Crippen LogP contribution in [-0.4, -0.2) is 32.8 Å². The minimum atomic E-state index is 0.202. The molecule has 0 bridgehead atoms. The van der Waals surface area contributed by atoms with E-state index in [2.05, 4.69) is 20.1 Å². The summed E-state index contributed by atoms with van der Waals surface area (Å²) in [6, 6.07) is 9.23. The summed E-state index contributed by atoms with van der Waals surface area (Å²) in [5, 5.41) is 19.5. The Balaban J connectivity index is 1.67. The molecular formula is C17H15ClN6OS. The zero-order chi connectivity index (χ0) is 17.9. The number of hydrogen-bond acceptors (Lipinski definition) is 7. The van der Waals surface area contributed by atoms with Crippen LogP contribution in [0.15, 0.2) is 45.1 Å². The number of nitriles is 1. The molecule has 0 spiro atoms. The lowest BCUT2D eigenvalue weighted by Gasteiger charge is -2.17. The topological polar surface area (TPSA) is 83.8 Å². The van der Waals surface area contributed by atoms with Crippen molar-refractivity contribution in [3.63, 3.8) is 0 Å². The van der Waals surface area contributed by atoms with Gasteiger partial charge in [-0.1, -0.05) is 11.6 Å². The number of nitrogens with zero attached hydrogens (tertiary/aromatic N) is 6. The van der Waals surface area contributed by atoms with Crippen molar-refractivity contribution in [1.82, 2.24) is 19.7 Å². The molecule has 0 N–H and O–H groups in total. The van der Waals surface area contributed by atoms with E-state index in [1.54, 1.807) is 18.4 Å².